The van der Waals surface area contributed by atoms with Gasteiger partial charge in [0.2, 0.25) is 5.91 Å². The van der Waals surface area contributed by atoms with Crippen LogP contribution in [0.15, 0.2) is 82.6 Å². The summed E-state index contributed by atoms with van der Waals surface area (Å²) in [5, 5.41) is 12.0. The van der Waals surface area contributed by atoms with Gasteiger partial charge in [-0.25, -0.2) is 4.39 Å². The Balaban J connectivity index is 1.47. The van der Waals surface area contributed by atoms with Gasteiger partial charge in [-0.2, -0.15) is 0 Å². The minimum Gasteiger partial charge on any atom is -0.467 e. The van der Waals surface area contributed by atoms with Gasteiger partial charge in [0.15, 0.2) is 5.16 Å². The topological polar surface area (TPSA) is 73.0 Å². The number of hydrogen-bond acceptors (Lipinski definition) is 5. The Morgan fingerprint density at radius 1 is 1.00 bits per heavy atom. The maximum atomic E-state index is 13.4. The number of thioether (sulfide) groups is 1. The molecule has 0 saturated carbocycles. The van der Waals surface area contributed by atoms with E-state index in [2.05, 4.69) is 27.6 Å². The number of aromatic nitrogens is 3. The molecule has 158 valence electrons. The zero-order valence-corrected chi connectivity index (χ0v) is 17.5. The molecule has 31 heavy (non-hydrogen) atoms. The van der Waals surface area contributed by atoms with Crippen molar-refractivity contribution in [1.82, 2.24) is 20.1 Å². The molecule has 0 saturated heterocycles. The van der Waals surface area contributed by atoms with Crippen molar-refractivity contribution >= 4 is 17.7 Å². The standard InChI is InChI=1S/C23H21FN4O2S/c24-18-9-11-19(12-10-18)28-21(13-8-17-5-2-1-3-6-17)26-27-23(28)31-16-22(29)25-15-20-7-4-14-30-20/h1-7,9-12,14H,8,13,15-16H2,(H,25,29). The Morgan fingerprint density at radius 2 is 1.81 bits per heavy atom. The molecule has 0 unspecified atom stereocenters. The van der Waals surface area contributed by atoms with Crippen LogP contribution in [0.25, 0.3) is 5.69 Å². The summed E-state index contributed by atoms with van der Waals surface area (Å²) in [6.07, 6.45) is 3.03. The second kappa shape index (κ2) is 10.1. The molecule has 0 aliphatic carbocycles. The van der Waals surface area contributed by atoms with Gasteiger partial charge in [-0.1, -0.05) is 42.1 Å². The van der Waals surface area contributed by atoms with Gasteiger partial charge in [0, 0.05) is 12.1 Å². The molecule has 1 N–H and O–H groups in total. The highest BCUT2D eigenvalue weighted by Gasteiger charge is 2.16. The van der Waals surface area contributed by atoms with Crippen molar-refractivity contribution in [2.24, 2.45) is 0 Å². The van der Waals surface area contributed by atoms with Gasteiger partial charge in [0.25, 0.3) is 0 Å². The highest BCUT2D eigenvalue weighted by Crippen LogP contribution is 2.23. The molecule has 0 spiro atoms. The number of nitrogens with zero attached hydrogens (tertiary/aromatic N) is 3. The van der Waals surface area contributed by atoms with Crippen LogP contribution in [0.2, 0.25) is 0 Å². The third kappa shape index (κ3) is 5.61. The first kappa shape index (κ1) is 20.9. The van der Waals surface area contributed by atoms with Crippen LogP contribution in [0.3, 0.4) is 0 Å². The Hall–Kier alpha value is -3.39. The highest BCUT2D eigenvalue weighted by molar-refractivity contribution is 7.99. The largest absolute Gasteiger partial charge is 0.467 e. The molecule has 8 heteroatoms. The monoisotopic (exact) mass is 436 g/mol. The van der Waals surface area contributed by atoms with Gasteiger partial charge in [0.05, 0.1) is 18.6 Å². The minimum atomic E-state index is -0.311. The number of aryl methyl sites for hydroxylation is 2. The van der Waals surface area contributed by atoms with Crippen molar-refractivity contribution < 1.29 is 13.6 Å². The van der Waals surface area contributed by atoms with Gasteiger partial charge in [0.1, 0.15) is 17.4 Å². The van der Waals surface area contributed by atoms with Crippen molar-refractivity contribution in [1.29, 1.82) is 0 Å². The normalized spacial score (nSPS) is 10.9. The summed E-state index contributed by atoms with van der Waals surface area (Å²) in [5.74, 6) is 1.18. The second-order valence-electron chi connectivity index (χ2n) is 6.84. The molecule has 2 aromatic heterocycles. The van der Waals surface area contributed by atoms with Crippen LogP contribution in [0, 0.1) is 5.82 Å². The lowest BCUT2D eigenvalue weighted by Crippen LogP contribution is -2.24. The molecule has 2 aromatic carbocycles. The Kier molecular flexibility index (Phi) is 6.78. The van der Waals surface area contributed by atoms with Crippen molar-refractivity contribution in [3.05, 3.63) is 96.0 Å². The summed E-state index contributed by atoms with van der Waals surface area (Å²) in [6.45, 7) is 0.333. The number of furan rings is 1. The molecule has 0 aliphatic rings. The van der Waals surface area contributed by atoms with Crippen molar-refractivity contribution in [2.75, 3.05) is 5.75 Å². The maximum Gasteiger partial charge on any atom is 0.230 e. The summed E-state index contributed by atoms with van der Waals surface area (Å²) < 4.78 is 20.6. The summed E-state index contributed by atoms with van der Waals surface area (Å²) in [4.78, 5) is 12.2. The SMILES string of the molecule is O=C(CSc1nnc(CCc2ccccc2)n1-c1ccc(F)cc1)NCc1ccco1. The Bertz CT molecular complexity index is 1110. The lowest BCUT2D eigenvalue weighted by Gasteiger charge is -2.10. The van der Waals surface area contributed by atoms with Crippen LogP contribution in [0.1, 0.15) is 17.1 Å². The zero-order chi connectivity index (χ0) is 21.5. The average Bonchev–Trinajstić information content (AvgIpc) is 3.46. The molecule has 0 atom stereocenters. The number of amides is 1. The smallest absolute Gasteiger partial charge is 0.230 e. The number of benzene rings is 2. The fourth-order valence-electron chi connectivity index (χ4n) is 3.09. The van der Waals surface area contributed by atoms with Crippen LogP contribution >= 0.6 is 11.8 Å². The molecule has 4 aromatic rings. The van der Waals surface area contributed by atoms with E-state index in [4.69, 9.17) is 4.42 Å². The summed E-state index contributed by atoms with van der Waals surface area (Å²) in [5.41, 5.74) is 1.95. The van der Waals surface area contributed by atoms with E-state index < -0.39 is 0 Å². The first-order chi connectivity index (χ1) is 15.2. The first-order valence-corrected chi connectivity index (χ1v) is 10.8. The van der Waals surface area contributed by atoms with E-state index >= 15 is 0 Å². The van der Waals surface area contributed by atoms with Gasteiger partial charge < -0.3 is 9.73 Å². The average molecular weight is 437 g/mol. The molecular weight excluding hydrogens is 415 g/mol. The lowest BCUT2D eigenvalue weighted by atomic mass is 10.1. The molecule has 0 aliphatic heterocycles. The van der Waals surface area contributed by atoms with Crippen molar-refractivity contribution in [2.45, 2.75) is 24.5 Å². The van der Waals surface area contributed by atoms with Gasteiger partial charge in [-0.05, 0) is 48.4 Å². The molecule has 4 rings (SSSR count). The number of halogens is 1. The fourth-order valence-corrected chi connectivity index (χ4v) is 3.89. The van der Waals surface area contributed by atoms with E-state index in [0.717, 1.165) is 17.9 Å². The van der Waals surface area contributed by atoms with Crippen LogP contribution in [0.4, 0.5) is 4.39 Å². The molecular formula is C23H21FN4O2S. The minimum absolute atomic E-state index is 0.138. The molecule has 2 heterocycles. The van der Waals surface area contributed by atoms with Crippen LogP contribution in [-0.4, -0.2) is 26.4 Å². The highest BCUT2D eigenvalue weighted by atomic mass is 32.2. The summed E-state index contributed by atoms with van der Waals surface area (Å²) in [6, 6.07) is 19.9. The van der Waals surface area contributed by atoms with Crippen LogP contribution in [0.5, 0.6) is 0 Å². The van der Waals surface area contributed by atoms with Gasteiger partial charge >= 0.3 is 0 Å². The summed E-state index contributed by atoms with van der Waals surface area (Å²) >= 11 is 1.29. The van der Waals surface area contributed by atoms with E-state index in [9.17, 15) is 9.18 Å². The number of hydrogen-bond donors (Lipinski definition) is 1. The van der Waals surface area contributed by atoms with Gasteiger partial charge in [-0.3, -0.25) is 9.36 Å². The maximum absolute atomic E-state index is 13.4. The zero-order valence-electron chi connectivity index (χ0n) is 16.7. The molecule has 0 bridgehead atoms. The van der Waals surface area contributed by atoms with Crippen molar-refractivity contribution in [3.63, 3.8) is 0 Å². The third-order valence-corrected chi connectivity index (χ3v) is 5.57. The molecule has 6 nitrogen and oxygen atoms in total. The molecule has 0 fully saturated rings. The summed E-state index contributed by atoms with van der Waals surface area (Å²) in [7, 11) is 0. The van der Waals surface area contributed by atoms with E-state index in [1.807, 2.05) is 22.8 Å². The lowest BCUT2D eigenvalue weighted by molar-refractivity contribution is -0.118. The van der Waals surface area contributed by atoms with E-state index in [1.54, 1.807) is 30.5 Å². The van der Waals surface area contributed by atoms with E-state index in [0.29, 0.717) is 23.9 Å². The van der Waals surface area contributed by atoms with E-state index in [-0.39, 0.29) is 17.5 Å². The molecule has 1 amide bonds. The second-order valence-corrected chi connectivity index (χ2v) is 7.78. The Morgan fingerprint density at radius 3 is 2.55 bits per heavy atom. The van der Waals surface area contributed by atoms with Crippen LogP contribution in [-0.2, 0) is 24.2 Å². The predicted octanol–water partition coefficient (Wildman–Crippen LogP) is 4.19. The quantitative estimate of drug-likeness (QED) is 0.398. The number of carbonyl (C=O) groups excluding carboxylic acids is 1. The van der Waals surface area contributed by atoms with Gasteiger partial charge in [-0.15, -0.1) is 10.2 Å². The number of rotatable bonds is 9. The first-order valence-electron chi connectivity index (χ1n) is 9.85. The molecule has 0 radical (unpaired) electrons. The van der Waals surface area contributed by atoms with Crippen LogP contribution < -0.4 is 5.32 Å². The number of nitrogens with one attached hydrogen (secondary N) is 1. The van der Waals surface area contributed by atoms with Crippen molar-refractivity contribution in [3.8, 4) is 5.69 Å². The third-order valence-electron chi connectivity index (χ3n) is 4.64. The van der Waals surface area contributed by atoms with E-state index in [1.165, 1.54) is 29.5 Å². The Labute approximate surface area is 183 Å². The predicted molar refractivity (Wildman–Crippen MR) is 116 cm³/mol. The fraction of sp³-hybridized carbons (Fsp3) is 0.174. The number of carbonyl (C=O) groups is 1.